The van der Waals surface area contributed by atoms with Crippen molar-refractivity contribution in [1.82, 2.24) is 9.97 Å². The fourth-order valence-electron chi connectivity index (χ4n) is 2.81. The fraction of sp³-hybridized carbons (Fsp3) is 0.294. The average molecular weight is 371 g/mol. The Balaban J connectivity index is 1.79. The highest BCUT2D eigenvalue weighted by atomic mass is 32.2. The van der Waals surface area contributed by atoms with E-state index in [0.29, 0.717) is 23.5 Å². The molecule has 0 bridgehead atoms. The van der Waals surface area contributed by atoms with E-state index in [1.54, 1.807) is 36.2 Å². The zero-order valence-electron chi connectivity index (χ0n) is 14.1. The standard InChI is InChI=1S/C17H17N5O3S/c1-22(13-6-7-26(24,25)10-13)16-8-15(19-11-20-16)17(23)21-14-5-3-2-4-12(14)9-18/h2-5,8,11,13H,6-7,10H2,1H3,(H,21,23). The summed E-state index contributed by atoms with van der Waals surface area (Å²) in [6.45, 7) is 0. The molecule has 2 heterocycles. The Hall–Kier alpha value is -2.99. The molecular formula is C17H17N5O3S. The van der Waals surface area contributed by atoms with Gasteiger partial charge in [-0.05, 0) is 18.6 Å². The maximum atomic E-state index is 12.5. The highest BCUT2D eigenvalue weighted by Crippen LogP contribution is 2.22. The van der Waals surface area contributed by atoms with Crippen LogP contribution < -0.4 is 10.2 Å². The Labute approximate surface area is 151 Å². The van der Waals surface area contributed by atoms with Crippen LogP contribution in [0.2, 0.25) is 0 Å². The van der Waals surface area contributed by atoms with Crippen LogP contribution in [-0.2, 0) is 9.84 Å². The molecule has 1 aliphatic rings. The van der Waals surface area contributed by atoms with Gasteiger partial charge in [0.2, 0.25) is 0 Å². The van der Waals surface area contributed by atoms with Crippen LogP contribution in [0.4, 0.5) is 11.5 Å². The molecule has 0 spiro atoms. The molecule has 1 unspecified atom stereocenters. The molecule has 8 nitrogen and oxygen atoms in total. The van der Waals surface area contributed by atoms with Gasteiger partial charge < -0.3 is 10.2 Å². The van der Waals surface area contributed by atoms with Crippen LogP contribution in [0.15, 0.2) is 36.7 Å². The quantitative estimate of drug-likeness (QED) is 0.859. The summed E-state index contributed by atoms with van der Waals surface area (Å²) < 4.78 is 23.3. The second kappa shape index (κ2) is 7.09. The second-order valence-electron chi connectivity index (χ2n) is 6.04. The lowest BCUT2D eigenvalue weighted by Crippen LogP contribution is -2.33. The number of rotatable bonds is 4. The van der Waals surface area contributed by atoms with Gasteiger partial charge in [-0.25, -0.2) is 18.4 Å². The van der Waals surface area contributed by atoms with Crippen molar-refractivity contribution in [1.29, 1.82) is 5.26 Å². The number of hydrogen-bond donors (Lipinski definition) is 1. The predicted molar refractivity (Wildman–Crippen MR) is 96.6 cm³/mol. The van der Waals surface area contributed by atoms with Gasteiger partial charge in [0, 0.05) is 19.2 Å². The highest BCUT2D eigenvalue weighted by Gasteiger charge is 2.31. The number of carbonyl (C=O) groups is 1. The van der Waals surface area contributed by atoms with Gasteiger partial charge in [0.1, 0.15) is 23.9 Å². The van der Waals surface area contributed by atoms with Gasteiger partial charge in [0.15, 0.2) is 9.84 Å². The van der Waals surface area contributed by atoms with E-state index in [-0.39, 0.29) is 23.2 Å². The number of amides is 1. The summed E-state index contributed by atoms with van der Waals surface area (Å²) in [5.41, 5.74) is 0.884. The third kappa shape index (κ3) is 3.81. The van der Waals surface area contributed by atoms with Gasteiger partial charge in [-0.2, -0.15) is 5.26 Å². The molecule has 3 rings (SSSR count). The monoisotopic (exact) mass is 371 g/mol. The summed E-state index contributed by atoms with van der Waals surface area (Å²) in [5.74, 6) is 0.236. The van der Waals surface area contributed by atoms with Crippen molar-refractivity contribution in [2.75, 3.05) is 28.8 Å². The number of anilines is 2. The predicted octanol–water partition coefficient (Wildman–Crippen LogP) is 1.22. The number of nitriles is 1. The number of benzene rings is 1. The molecule has 26 heavy (non-hydrogen) atoms. The van der Waals surface area contributed by atoms with Crippen molar-refractivity contribution >= 4 is 27.2 Å². The Morgan fingerprint density at radius 2 is 2.12 bits per heavy atom. The molecule has 1 N–H and O–H groups in total. The zero-order valence-corrected chi connectivity index (χ0v) is 14.9. The summed E-state index contributed by atoms with van der Waals surface area (Å²) >= 11 is 0. The summed E-state index contributed by atoms with van der Waals surface area (Å²) in [4.78, 5) is 22.3. The molecule has 1 saturated heterocycles. The molecule has 1 aromatic carbocycles. The van der Waals surface area contributed by atoms with Crippen LogP contribution in [0.25, 0.3) is 0 Å². The van der Waals surface area contributed by atoms with Gasteiger partial charge in [0.25, 0.3) is 5.91 Å². The molecular weight excluding hydrogens is 354 g/mol. The third-order valence-electron chi connectivity index (χ3n) is 4.30. The van der Waals surface area contributed by atoms with Gasteiger partial charge in [-0.3, -0.25) is 4.79 Å². The maximum Gasteiger partial charge on any atom is 0.274 e. The van der Waals surface area contributed by atoms with Crippen LogP contribution in [0.5, 0.6) is 0 Å². The van der Waals surface area contributed by atoms with Gasteiger partial charge in [-0.1, -0.05) is 12.1 Å². The lowest BCUT2D eigenvalue weighted by molar-refractivity contribution is 0.102. The van der Waals surface area contributed by atoms with Crippen molar-refractivity contribution < 1.29 is 13.2 Å². The fourth-order valence-corrected chi connectivity index (χ4v) is 4.58. The Morgan fingerprint density at radius 1 is 1.35 bits per heavy atom. The van der Waals surface area contributed by atoms with Crippen LogP contribution >= 0.6 is 0 Å². The van der Waals surface area contributed by atoms with E-state index in [4.69, 9.17) is 5.26 Å². The molecule has 9 heteroatoms. The van der Waals surface area contributed by atoms with Crippen LogP contribution in [0, 0.1) is 11.3 Å². The number of para-hydroxylation sites is 1. The molecule has 1 fully saturated rings. The van der Waals surface area contributed by atoms with E-state index < -0.39 is 15.7 Å². The van der Waals surface area contributed by atoms with Crippen molar-refractivity contribution in [3.05, 3.63) is 47.9 Å². The Morgan fingerprint density at radius 3 is 2.81 bits per heavy atom. The molecule has 0 radical (unpaired) electrons. The number of carbonyl (C=O) groups excluding carboxylic acids is 1. The van der Waals surface area contributed by atoms with E-state index in [2.05, 4.69) is 15.3 Å². The van der Waals surface area contributed by atoms with Crippen molar-refractivity contribution in [3.8, 4) is 6.07 Å². The van der Waals surface area contributed by atoms with Crippen LogP contribution in [-0.4, -0.2) is 48.9 Å². The summed E-state index contributed by atoms with van der Waals surface area (Å²) in [7, 11) is -1.27. The molecule has 1 atom stereocenters. The van der Waals surface area contributed by atoms with Gasteiger partial charge >= 0.3 is 0 Å². The summed E-state index contributed by atoms with van der Waals surface area (Å²) in [5, 5.41) is 11.8. The molecule has 1 aromatic heterocycles. The summed E-state index contributed by atoms with van der Waals surface area (Å²) in [6, 6.07) is 10.0. The second-order valence-corrected chi connectivity index (χ2v) is 8.27. The minimum Gasteiger partial charge on any atom is -0.356 e. The molecule has 134 valence electrons. The zero-order chi connectivity index (χ0) is 18.7. The lowest BCUT2D eigenvalue weighted by Gasteiger charge is -2.24. The van der Waals surface area contributed by atoms with Crippen molar-refractivity contribution in [2.45, 2.75) is 12.5 Å². The largest absolute Gasteiger partial charge is 0.356 e. The van der Waals surface area contributed by atoms with E-state index in [0.717, 1.165) is 0 Å². The first kappa shape index (κ1) is 17.8. The van der Waals surface area contributed by atoms with Gasteiger partial charge in [0.05, 0.1) is 22.8 Å². The Bertz CT molecular complexity index is 984. The first-order valence-electron chi connectivity index (χ1n) is 7.95. The number of aromatic nitrogens is 2. The Kier molecular flexibility index (Phi) is 4.86. The van der Waals surface area contributed by atoms with Crippen LogP contribution in [0.3, 0.4) is 0 Å². The van der Waals surface area contributed by atoms with Gasteiger partial charge in [-0.15, -0.1) is 0 Å². The number of sulfone groups is 1. The van der Waals surface area contributed by atoms with Crippen molar-refractivity contribution in [3.63, 3.8) is 0 Å². The average Bonchev–Trinajstić information content (AvgIpc) is 3.01. The van der Waals surface area contributed by atoms with E-state index in [1.165, 1.54) is 12.4 Å². The first-order chi connectivity index (χ1) is 12.4. The molecule has 2 aromatic rings. The first-order valence-corrected chi connectivity index (χ1v) is 9.77. The minimum atomic E-state index is -3.02. The molecule has 1 aliphatic heterocycles. The van der Waals surface area contributed by atoms with E-state index in [9.17, 15) is 13.2 Å². The SMILES string of the molecule is CN(c1cc(C(=O)Nc2ccccc2C#N)ncn1)C1CCS(=O)(=O)C1. The highest BCUT2D eigenvalue weighted by molar-refractivity contribution is 7.91. The normalized spacial score (nSPS) is 18.1. The topological polar surface area (TPSA) is 116 Å². The van der Waals surface area contributed by atoms with Crippen LogP contribution in [0.1, 0.15) is 22.5 Å². The number of nitrogens with zero attached hydrogens (tertiary/aromatic N) is 4. The maximum absolute atomic E-state index is 12.5. The minimum absolute atomic E-state index is 0.0740. The smallest absolute Gasteiger partial charge is 0.274 e. The molecule has 1 amide bonds. The number of nitrogens with one attached hydrogen (secondary N) is 1. The van der Waals surface area contributed by atoms with Crippen molar-refractivity contribution in [2.24, 2.45) is 0 Å². The third-order valence-corrected chi connectivity index (χ3v) is 6.05. The number of hydrogen-bond acceptors (Lipinski definition) is 7. The lowest BCUT2D eigenvalue weighted by atomic mass is 10.2. The summed E-state index contributed by atoms with van der Waals surface area (Å²) in [6.07, 6.45) is 1.79. The van der Waals surface area contributed by atoms with E-state index in [1.807, 2.05) is 6.07 Å². The molecule has 0 saturated carbocycles. The molecule has 0 aliphatic carbocycles. The van der Waals surface area contributed by atoms with E-state index >= 15 is 0 Å².